The summed E-state index contributed by atoms with van der Waals surface area (Å²) in [6.07, 6.45) is 0. The smallest absolute Gasteiger partial charge is 0.264 e. The first-order valence-electron chi connectivity index (χ1n) is 9.55. The number of benzene rings is 3. The number of hydrogen-bond acceptors (Lipinski definition) is 6. The predicted octanol–water partition coefficient (Wildman–Crippen LogP) is 4.83. The molecule has 168 valence electrons. The number of amides is 1. The summed E-state index contributed by atoms with van der Waals surface area (Å²) in [6, 6.07) is 19.6. The van der Waals surface area contributed by atoms with Crippen LogP contribution in [0.1, 0.15) is 0 Å². The van der Waals surface area contributed by atoms with E-state index in [1.807, 2.05) is 0 Å². The molecule has 4 rings (SSSR count). The highest BCUT2D eigenvalue weighted by Gasteiger charge is 2.27. The van der Waals surface area contributed by atoms with E-state index in [1.165, 1.54) is 0 Å². The van der Waals surface area contributed by atoms with Crippen molar-refractivity contribution in [1.29, 1.82) is 0 Å². The van der Waals surface area contributed by atoms with Crippen molar-refractivity contribution in [3.8, 4) is 10.6 Å². The van der Waals surface area contributed by atoms with Gasteiger partial charge in [-0.1, -0.05) is 53.3 Å². The zero-order chi connectivity index (χ0) is 23.4. The van der Waals surface area contributed by atoms with Crippen LogP contribution in [0.4, 0.5) is 15.2 Å². The Labute approximate surface area is 198 Å². The molecule has 0 radical (unpaired) electrons. The molecule has 0 atom stereocenters. The van der Waals surface area contributed by atoms with Gasteiger partial charge in [0.25, 0.3) is 10.0 Å². The van der Waals surface area contributed by atoms with E-state index in [0.717, 1.165) is 45.5 Å². The van der Waals surface area contributed by atoms with Gasteiger partial charge in [0.05, 0.1) is 10.6 Å². The quantitative estimate of drug-likeness (QED) is 0.390. The van der Waals surface area contributed by atoms with Gasteiger partial charge in [0.15, 0.2) is 0 Å². The lowest BCUT2D eigenvalue weighted by Gasteiger charge is -2.23. The molecule has 1 amide bonds. The number of nitrogens with zero attached hydrogens (tertiary/aromatic N) is 3. The normalized spacial score (nSPS) is 11.2. The number of para-hydroxylation sites is 1. The van der Waals surface area contributed by atoms with E-state index in [-0.39, 0.29) is 15.7 Å². The van der Waals surface area contributed by atoms with Gasteiger partial charge in [-0.05, 0) is 48.5 Å². The lowest BCUT2D eigenvalue weighted by atomic mass is 10.2. The second-order valence-corrected chi connectivity index (χ2v) is 10.0. The summed E-state index contributed by atoms with van der Waals surface area (Å²) < 4.78 is 40.7. The summed E-state index contributed by atoms with van der Waals surface area (Å²) in [5.41, 5.74) is 1.07. The fourth-order valence-corrected chi connectivity index (χ4v) is 5.23. The minimum absolute atomic E-state index is 0.138. The Morgan fingerprint density at radius 2 is 1.64 bits per heavy atom. The standard InChI is InChI=1S/C22H16ClFN4O3S2/c23-16-8-6-15(7-9-16)21-26-27-22(32-21)25-20(29)14-28(18-4-2-1-3-5-18)33(30,31)19-12-10-17(24)11-13-19/h1-13H,14H2,(H,25,27,29). The van der Waals surface area contributed by atoms with Crippen molar-refractivity contribution >= 4 is 49.7 Å². The second kappa shape index (κ2) is 9.65. The third-order valence-corrected chi connectivity index (χ3v) is 7.42. The molecule has 0 saturated carbocycles. The van der Waals surface area contributed by atoms with Gasteiger partial charge in [-0.25, -0.2) is 12.8 Å². The van der Waals surface area contributed by atoms with Crippen molar-refractivity contribution in [3.05, 3.63) is 89.7 Å². The Morgan fingerprint density at radius 3 is 2.30 bits per heavy atom. The first-order valence-corrected chi connectivity index (χ1v) is 12.2. The van der Waals surface area contributed by atoms with Crippen molar-refractivity contribution in [2.45, 2.75) is 4.90 Å². The molecule has 0 spiro atoms. The molecule has 11 heteroatoms. The van der Waals surface area contributed by atoms with Crippen LogP contribution in [-0.2, 0) is 14.8 Å². The molecule has 0 unspecified atom stereocenters. The largest absolute Gasteiger partial charge is 0.299 e. The van der Waals surface area contributed by atoms with Crippen LogP contribution in [-0.4, -0.2) is 31.1 Å². The summed E-state index contributed by atoms with van der Waals surface area (Å²) in [4.78, 5) is 12.6. The van der Waals surface area contributed by atoms with Gasteiger partial charge >= 0.3 is 0 Å². The molecule has 1 heterocycles. The molecule has 3 aromatic carbocycles. The fraction of sp³-hybridized carbons (Fsp3) is 0.0455. The zero-order valence-corrected chi connectivity index (χ0v) is 19.2. The Bertz CT molecular complexity index is 1360. The third kappa shape index (κ3) is 5.36. The summed E-state index contributed by atoms with van der Waals surface area (Å²) in [5.74, 6) is -1.17. The van der Waals surface area contributed by atoms with Gasteiger partial charge in [-0.2, -0.15) is 0 Å². The molecule has 33 heavy (non-hydrogen) atoms. The van der Waals surface area contributed by atoms with Crippen molar-refractivity contribution < 1.29 is 17.6 Å². The molecule has 0 aliphatic rings. The van der Waals surface area contributed by atoms with Crippen LogP contribution in [0, 0.1) is 5.82 Å². The minimum Gasteiger partial charge on any atom is -0.299 e. The summed E-state index contributed by atoms with van der Waals surface area (Å²) in [7, 11) is -4.14. The monoisotopic (exact) mass is 502 g/mol. The van der Waals surface area contributed by atoms with Gasteiger partial charge in [0.1, 0.15) is 17.4 Å². The highest BCUT2D eigenvalue weighted by molar-refractivity contribution is 7.92. The van der Waals surface area contributed by atoms with Crippen LogP contribution < -0.4 is 9.62 Å². The maximum Gasteiger partial charge on any atom is 0.264 e. The van der Waals surface area contributed by atoms with E-state index in [4.69, 9.17) is 11.6 Å². The number of nitrogens with one attached hydrogen (secondary N) is 1. The number of aromatic nitrogens is 2. The molecule has 7 nitrogen and oxygen atoms in total. The van der Waals surface area contributed by atoms with Crippen molar-refractivity contribution in [2.24, 2.45) is 0 Å². The van der Waals surface area contributed by atoms with Crippen LogP contribution in [0.25, 0.3) is 10.6 Å². The van der Waals surface area contributed by atoms with Gasteiger partial charge in [-0.15, -0.1) is 10.2 Å². The summed E-state index contributed by atoms with van der Waals surface area (Å²) in [5, 5.41) is 12.0. The van der Waals surface area contributed by atoms with Gasteiger partial charge in [-0.3, -0.25) is 14.4 Å². The number of carbonyl (C=O) groups excluding carboxylic acids is 1. The number of carbonyl (C=O) groups is 1. The summed E-state index contributed by atoms with van der Waals surface area (Å²) in [6.45, 7) is -0.514. The summed E-state index contributed by atoms with van der Waals surface area (Å²) >= 11 is 7.04. The first kappa shape index (κ1) is 22.8. The average Bonchev–Trinajstić information content (AvgIpc) is 3.27. The van der Waals surface area contributed by atoms with E-state index in [9.17, 15) is 17.6 Å². The number of rotatable bonds is 7. The van der Waals surface area contributed by atoms with E-state index in [2.05, 4.69) is 15.5 Å². The number of halogens is 2. The average molecular weight is 503 g/mol. The first-order chi connectivity index (χ1) is 15.8. The molecular weight excluding hydrogens is 487 g/mol. The van der Waals surface area contributed by atoms with Gasteiger partial charge < -0.3 is 0 Å². The molecule has 0 saturated heterocycles. The Balaban J connectivity index is 1.56. The maximum atomic E-state index is 13.3. The van der Waals surface area contributed by atoms with Crippen LogP contribution in [0.3, 0.4) is 0 Å². The zero-order valence-electron chi connectivity index (χ0n) is 16.9. The van der Waals surface area contributed by atoms with Crippen LogP contribution in [0.15, 0.2) is 83.8 Å². The number of anilines is 2. The molecule has 4 aromatic rings. The van der Waals surface area contributed by atoms with Crippen LogP contribution in [0.2, 0.25) is 5.02 Å². The van der Waals surface area contributed by atoms with Crippen molar-refractivity contribution in [3.63, 3.8) is 0 Å². The maximum absolute atomic E-state index is 13.3. The van der Waals surface area contributed by atoms with Gasteiger partial charge in [0, 0.05) is 10.6 Å². The Morgan fingerprint density at radius 1 is 0.970 bits per heavy atom. The molecule has 0 aliphatic heterocycles. The SMILES string of the molecule is O=C(CN(c1ccccc1)S(=O)(=O)c1ccc(F)cc1)Nc1nnc(-c2ccc(Cl)cc2)s1. The molecular formula is C22H16ClFN4O3S2. The Hall–Kier alpha value is -3.34. The highest BCUT2D eigenvalue weighted by atomic mass is 35.5. The minimum atomic E-state index is -4.14. The number of hydrogen-bond donors (Lipinski definition) is 1. The van der Waals surface area contributed by atoms with Crippen LogP contribution >= 0.6 is 22.9 Å². The molecule has 0 fully saturated rings. The number of sulfonamides is 1. The lowest BCUT2D eigenvalue weighted by molar-refractivity contribution is -0.114. The molecule has 0 aliphatic carbocycles. The van der Waals surface area contributed by atoms with Gasteiger partial charge in [0.2, 0.25) is 11.0 Å². The highest BCUT2D eigenvalue weighted by Crippen LogP contribution is 2.28. The van der Waals surface area contributed by atoms with Crippen LogP contribution in [0.5, 0.6) is 0 Å². The molecule has 1 N–H and O–H groups in total. The lowest BCUT2D eigenvalue weighted by Crippen LogP contribution is -2.38. The predicted molar refractivity (Wildman–Crippen MR) is 126 cm³/mol. The second-order valence-electron chi connectivity index (χ2n) is 6.77. The van der Waals surface area contributed by atoms with E-state index in [1.54, 1.807) is 54.6 Å². The molecule has 0 bridgehead atoms. The Kier molecular flexibility index (Phi) is 6.68. The fourth-order valence-electron chi connectivity index (χ4n) is 2.92. The van der Waals surface area contributed by atoms with E-state index in [0.29, 0.717) is 10.0 Å². The third-order valence-electron chi connectivity index (χ3n) is 4.50. The van der Waals surface area contributed by atoms with Crippen molar-refractivity contribution in [1.82, 2.24) is 10.2 Å². The molecule has 1 aromatic heterocycles. The topological polar surface area (TPSA) is 92.3 Å². The van der Waals surface area contributed by atoms with Crippen molar-refractivity contribution in [2.75, 3.05) is 16.2 Å². The van der Waals surface area contributed by atoms with E-state index < -0.39 is 28.3 Å². The van der Waals surface area contributed by atoms with E-state index >= 15 is 0 Å².